The second-order valence-corrected chi connectivity index (χ2v) is 7.12. The number of amidine groups is 1. The van der Waals surface area contributed by atoms with E-state index in [1.165, 1.54) is 62.5 Å². The fourth-order valence-corrected chi connectivity index (χ4v) is 3.67. The van der Waals surface area contributed by atoms with Gasteiger partial charge in [0.1, 0.15) is 5.84 Å². The summed E-state index contributed by atoms with van der Waals surface area (Å²) in [5.74, 6) is 1.54. The minimum Gasteiger partial charge on any atom is -0.384 e. The third-order valence-corrected chi connectivity index (χ3v) is 4.92. The van der Waals surface area contributed by atoms with Crippen LogP contribution in [0.2, 0.25) is 0 Å². The van der Waals surface area contributed by atoms with E-state index in [9.17, 15) is 0 Å². The fraction of sp³-hybridized carbons (Fsp3) is 0.762. The van der Waals surface area contributed by atoms with Gasteiger partial charge in [-0.1, -0.05) is 70.1 Å². The van der Waals surface area contributed by atoms with Crippen molar-refractivity contribution in [2.45, 2.75) is 97.9 Å². The van der Waals surface area contributed by atoms with Gasteiger partial charge >= 0.3 is 0 Å². The number of aliphatic imine (C=N–C) groups is 1. The van der Waals surface area contributed by atoms with E-state index in [4.69, 9.17) is 10.7 Å². The maximum absolute atomic E-state index is 6.27. The Morgan fingerprint density at radius 2 is 1.96 bits per heavy atom. The van der Waals surface area contributed by atoms with Crippen molar-refractivity contribution >= 4 is 5.84 Å². The highest BCUT2D eigenvalue weighted by Crippen LogP contribution is 2.26. The fourth-order valence-electron chi connectivity index (χ4n) is 3.67. The largest absolute Gasteiger partial charge is 0.384 e. The SMILES string of the molecule is CCC/C1=C/C(N)=NC(CC)C(C)=CCCCCC(CCC)C1. The van der Waals surface area contributed by atoms with Crippen LogP contribution in [-0.4, -0.2) is 11.9 Å². The first-order valence-corrected chi connectivity index (χ1v) is 9.79. The second kappa shape index (κ2) is 11.5. The van der Waals surface area contributed by atoms with Gasteiger partial charge in [0, 0.05) is 0 Å². The van der Waals surface area contributed by atoms with E-state index in [2.05, 4.69) is 39.8 Å². The summed E-state index contributed by atoms with van der Waals surface area (Å²) in [6, 6.07) is 0.251. The standard InChI is InChI=1S/C21H38N2/c1-5-11-18-14-10-8-9-13-17(4)20(7-3)23-21(22)16-19(15-18)12-6-2/h13,16,18,20H,5-12,14-15H2,1-4H3,(H2,22,23)/b17-13?,19-16-. The molecule has 0 radical (unpaired) electrons. The molecule has 2 N–H and O–H groups in total. The van der Waals surface area contributed by atoms with Crippen molar-refractivity contribution in [3.05, 3.63) is 23.3 Å². The summed E-state index contributed by atoms with van der Waals surface area (Å²) >= 11 is 0. The van der Waals surface area contributed by atoms with E-state index in [0.717, 1.165) is 24.6 Å². The first-order chi connectivity index (χ1) is 11.1. The number of allylic oxidation sites excluding steroid dienone is 2. The van der Waals surface area contributed by atoms with Crippen LogP contribution in [0.4, 0.5) is 0 Å². The molecule has 0 aromatic carbocycles. The van der Waals surface area contributed by atoms with Crippen LogP contribution in [0, 0.1) is 5.92 Å². The molecule has 0 spiro atoms. The van der Waals surface area contributed by atoms with Crippen LogP contribution in [0.3, 0.4) is 0 Å². The molecule has 2 atom stereocenters. The number of nitrogens with two attached hydrogens (primary N) is 1. The molecule has 1 heterocycles. The minimum atomic E-state index is 0.251. The van der Waals surface area contributed by atoms with Crippen molar-refractivity contribution in [1.29, 1.82) is 0 Å². The summed E-state index contributed by atoms with van der Waals surface area (Å²) < 4.78 is 0. The molecule has 0 aromatic heterocycles. The molecule has 0 saturated carbocycles. The molecule has 2 nitrogen and oxygen atoms in total. The molecule has 1 aliphatic rings. The molecule has 2 unspecified atom stereocenters. The summed E-state index contributed by atoms with van der Waals surface area (Å²) in [6.07, 6.45) is 17.0. The lowest BCUT2D eigenvalue weighted by Crippen LogP contribution is -2.16. The van der Waals surface area contributed by atoms with Crippen molar-refractivity contribution in [2.24, 2.45) is 16.6 Å². The Kier molecular flexibility index (Phi) is 9.98. The van der Waals surface area contributed by atoms with Gasteiger partial charge in [-0.3, -0.25) is 4.99 Å². The molecule has 0 fully saturated rings. The van der Waals surface area contributed by atoms with E-state index in [-0.39, 0.29) is 6.04 Å². The van der Waals surface area contributed by atoms with Gasteiger partial charge in [-0.25, -0.2) is 0 Å². The molecule has 23 heavy (non-hydrogen) atoms. The van der Waals surface area contributed by atoms with Crippen LogP contribution in [-0.2, 0) is 0 Å². The van der Waals surface area contributed by atoms with E-state index in [1.807, 2.05) is 0 Å². The molecule has 0 aromatic rings. The second-order valence-electron chi connectivity index (χ2n) is 7.12. The van der Waals surface area contributed by atoms with Crippen molar-refractivity contribution in [1.82, 2.24) is 0 Å². The topological polar surface area (TPSA) is 38.4 Å². The van der Waals surface area contributed by atoms with Crippen LogP contribution in [0.1, 0.15) is 91.9 Å². The zero-order valence-electron chi connectivity index (χ0n) is 15.9. The normalized spacial score (nSPS) is 26.9. The lowest BCUT2D eigenvalue weighted by Gasteiger charge is -2.18. The number of hydrogen-bond donors (Lipinski definition) is 1. The van der Waals surface area contributed by atoms with Crippen LogP contribution >= 0.6 is 0 Å². The Labute approximate surface area is 144 Å². The highest BCUT2D eigenvalue weighted by atomic mass is 14.9. The van der Waals surface area contributed by atoms with E-state index < -0.39 is 0 Å². The zero-order valence-corrected chi connectivity index (χ0v) is 15.9. The highest BCUT2D eigenvalue weighted by Gasteiger charge is 2.13. The van der Waals surface area contributed by atoms with E-state index in [1.54, 1.807) is 0 Å². The lowest BCUT2D eigenvalue weighted by atomic mass is 9.88. The average Bonchev–Trinajstić information content (AvgIpc) is 2.52. The van der Waals surface area contributed by atoms with Crippen molar-refractivity contribution in [2.75, 3.05) is 0 Å². The summed E-state index contributed by atoms with van der Waals surface area (Å²) in [5.41, 5.74) is 9.15. The predicted molar refractivity (Wildman–Crippen MR) is 104 cm³/mol. The summed E-state index contributed by atoms with van der Waals surface area (Å²) in [6.45, 7) is 8.97. The maximum Gasteiger partial charge on any atom is 0.118 e. The number of nitrogens with zero attached hydrogens (tertiary/aromatic N) is 1. The van der Waals surface area contributed by atoms with Gasteiger partial charge in [-0.2, -0.15) is 0 Å². The first kappa shape index (κ1) is 20.0. The molecule has 0 bridgehead atoms. The molecule has 1 rings (SSSR count). The Hall–Kier alpha value is -1.05. The van der Waals surface area contributed by atoms with Gasteiger partial charge in [0.15, 0.2) is 0 Å². The van der Waals surface area contributed by atoms with Crippen LogP contribution in [0.25, 0.3) is 0 Å². The number of hydrogen-bond acceptors (Lipinski definition) is 2. The van der Waals surface area contributed by atoms with Crippen molar-refractivity contribution < 1.29 is 0 Å². The van der Waals surface area contributed by atoms with Crippen molar-refractivity contribution in [3.63, 3.8) is 0 Å². The van der Waals surface area contributed by atoms with Gasteiger partial charge in [0.05, 0.1) is 6.04 Å². The van der Waals surface area contributed by atoms with Gasteiger partial charge in [0.25, 0.3) is 0 Å². The molecule has 0 saturated heterocycles. The summed E-state index contributed by atoms with van der Waals surface area (Å²) in [5, 5.41) is 0. The van der Waals surface area contributed by atoms with Gasteiger partial charge in [-0.05, 0) is 51.0 Å². The van der Waals surface area contributed by atoms with E-state index >= 15 is 0 Å². The van der Waals surface area contributed by atoms with Gasteiger partial charge in [0.2, 0.25) is 0 Å². The smallest absolute Gasteiger partial charge is 0.118 e. The third kappa shape index (κ3) is 7.85. The van der Waals surface area contributed by atoms with Gasteiger partial charge in [-0.15, -0.1) is 0 Å². The summed E-state index contributed by atoms with van der Waals surface area (Å²) in [7, 11) is 0. The van der Waals surface area contributed by atoms with Crippen LogP contribution < -0.4 is 5.73 Å². The average molecular weight is 319 g/mol. The summed E-state index contributed by atoms with van der Waals surface area (Å²) in [4.78, 5) is 4.79. The quantitative estimate of drug-likeness (QED) is 0.604. The highest BCUT2D eigenvalue weighted by molar-refractivity contribution is 5.92. The zero-order chi connectivity index (χ0) is 17.1. The monoisotopic (exact) mass is 318 g/mol. The van der Waals surface area contributed by atoms with Crippen molar-refractivity contribution in [3.8, 4) is 0 Å². The Morgan fingerprint density at radius 1 is 1.17 bits per heavy atom. The first-order valence-electron chi connectivity index (χ1n) is 9.79. The van der Waals surface area contributed by atoms with E-state index in [0.29, 0.717) is 0 Å². The Morgan fingerprint density at radius 3 is 2.61 bits per heavy atom. The Balaban J connectivity index is 3.03. The molecular formula is C21H38N2. The van der Waals surface area contributed by atoms with Gasteiger partial charge < -0.3 is 5.73 Å². The predicted octanol–water partition coefficient (Wildman–Crippen LogP) is 6.18. The minimum absolute atomic E-state index is 0.251. The molecule has 0 amide bonds. The lowest BCUT2D eigenvalue weighted by molar-refractivity contribution is 0.418. The number of rotatable bonds is 5. The molecule has 0 aliphatic carbocycles. The Bertz CT molecular complexity index is 418. The van der Waals surface area contributed by atoms with Crippen LogP contribution in [0.5, 0.6) is 0 Å². The molecule has 132 valence electrons. The molecule has 2 heteroatoms. The molecular weight excluding hydrogens is 280 g/mol. The third-order valence-electron chi connectivity index (χ3n) is 4.92. The maximum atomic E-state index is 6.27. The molecule has 1 aliphatic heterocycles. The van der Waals surface area contributed by atoms with Crippen LogP contribution in [0.15, 0.2) is 28.3 Å².